The van der Waals surface area contributed by atoms with Gasteiger partial charge in [0.15, 0.2) is 0 Å². The second kappa shape index (κ2) is 5.69. The predicted molar refractivity (Wildman–Crippen MR) is 76.3 cm³/mol. The molecule has 0 spiro atoms. The maximum atomic E-state index is 12.9. The largest absolute Gasteiger partial charge is 0.372 e. The Balaban J connectivity index is 2.25. The van der Waals surface area contributed by atoms with Crippen LogP contribution in [0, 0.1) is 3.57 Å². The molecule has 1 aliphatic rings. The summed E-state index contributed by atoms with van der Waals surface area (Å²) >= 11 is 1.95. The van der Waals surface area contributed by atoms with Crippen molar-refractivity contribution in [3.63, 3.8) is 0 Å². The summed E-state index contributed by atoms with van der Waals surface area (Å²) in [5.74, 6) is 0. The third-order valence-corrected chi connectivity index (χ3v) is 3.98. The third kappa shape index (κ3) is 3.12. The van der Waals surface area contributed by atoms with Crippen LogP contribution >= 0.6 is 22.6 Å². The van der Waals surface area contributed by atoms with Gasteiger partial charge in [0.2, 0.25) is 0 Å². The van der Waals surface area contributed by atoms with Crippen molar-refractivity contribution in [2.45, 2.75) is 32.5 Å². The van der Waals surface area contributed by atoms with Gasteiger partial charge >= 0.3 is 0 Å². The number of anilines is 1. The molecule has 1 fully saturated rings. The molecule has 0 N–H and O–H groups in total. The summed E-state index contributed by atoms with van der Waals surface area (Å²) < 4.78 is 32.0. The van der Waals surface area contributed by atoms with Gasteiger partial charge in [-0.3, -0.25) is 0 Å². The number of hydrogen-bond donors (Lipinski definition) is 0. The first-order valence-electron chi connectivity index (χ1n) is 5.95. The van der Waals surface area contributed by atoms with Crippen LogP contribution in [0.2, 0.25) is 0 Å². The number of rotatable bonds is 2. The molecule has 1 aromatic rings. The molecule has 2 atom stereocenters. The molecule has 2 rings (SSSR count). The Morgan fingerprint density at radius 1 is 1.28 bits per heavy atom. The number of morpholine rings is 1. The Labute approximate surface area is 119 Å². The smallest absolute Gasteiger partial charge is 0.264 e. The summed E-state index contributed by atoms with van der Waals surface area (Å²) in [5.41, 5.74) is 0.965. The summed E-state index contributed by atoms with van der Waals surface area (Å²) in [7, 11) is 0. The normalized spacial score (nSPS) is 24.7. The first-order chi connectivity index (χ1) is 8.47. The van der Waals surface area contributed by atoms with Gasteiger partial charge in [0, 0.05) is 27.9 Å². The predicted octanol–water partition coefficient (Wildman–Crippen LogP) is 3.84. The van der Waals surface area contributed by atoms with E-state index in [4.69, 9.17) is 4.74 Å². The zero-order chi connectivity index (χ0) is 13.3. The molecule has 0 bridgehead atoms. The maximum Gasteiger partial charge on any atom is 0.264 e. The molecule has 1 heterocycles. The van der Waals surface area contributed by atoms with Crippen molar-refractivity contribution in [2.24, 2.45) is 0 Å². The standard InChI is InChI=1S/C13H16F2INO/c1-8-6-17(7-9(2)18-8)10-3-4-12(16)11(5-10)13(14)15/h3-5,8-9,13H,6-7H2,1-2H3/t8-,9+. The molecule has 0 aromatic heterocycles. The van der Waals surface area contributed by atoms with E-state index >= 15 is 0 Å². The second-order valence-electron chi connectivity index (χ2n) is 4.67. The lowest BCUT2D eigenvalue weighted by molar-refractivity contribution is -0.00522. The highest BCUT2D eigenvalue weighted by atomic mass is 127. The molecule has 18 heavy (non-hydrogen) atoms. The van der Waals surface area contributed by atoms with Crippen molar-refractivity contribution in [3.8, 4) is 0 Å². The Morgan fingerprint density at radius 3 is 2.44 bits per heavy atom. The van der Waals surface area contributed by atoms with Crippen LogP contribution in [0.1, 0.15) is 25.8 Å². The van der Waals surface area contributed by atoms with Gasteiger partial charge in [-0.2, -0.15) is 0 Å². The van der Waals surface area contributed by atoms with Gasteiger partial charge in [-0.25, -0.2) is 8.78 Å². The Bertz CT molecular complexity index is 417. The fourth-order valence-electron chi connectivity index (χ4n) is 2.28. The summed E-state index contributed by atoms with van der Waals surface area (Å²) in [6.45, 7) is 5.49. The second-order valence-corrected chi connectivity index (χ2v) is 5.83. The van der Waals surface area contributed by atoms with Crippen molar-refractivity contribution in [1.82, 2.24) is 0 Å². The monoisotopic (exact) mass is 367 g/mol. The van der Waals surface area contributed by atoms with Crippen LogP contribution in [-0.4, -0.2) is 25.3 Å². The highest BCUT2D eigenvalue weighted by molar-refractivity contribution is 14.1. The first-order valence-corrected chi connectivity index (χ1v) is 7.03. The molecular formula is C13H16F2INO. The van der Waals surface area contributed by atoms with E-state index in [-0.39, 0.29) is 17.8 Å². The minimum Gasteiger partial charge on any atom is -0.372 e. The number of ether oxygens (including phenoxy) is 1. The Kier molecular flexibility index (Phi) is 4.42. The van der Waals surface area contributed by atoms with Crippen LogP contribution in [0.15, 0.2) is 18.2 Å². The van der Waals surface area contributed by atoms with E-state index in [0.717, 1.165) is 18.8 Å². The van der Waals surface area contributed by atoms with Crippen molar-refractivity contribution < 1.29 is 13.5 Å². The van der Waals surface area contributed by atoms with Crippen LogP contribution in [-0.2, 0) is 4.74 Å². The number of halogens is 3. The summed E-state index contributed by atoms with van der Waals surface area (Å²) in [6.07, 6.45) is -2.17. The quantitative estimate of drug-likeness (QED) is 0.737. The zero-order valence-electron chi connectivity index (χ0n) is 10.4. The summed E-state index contributed by atoms with van der Waals surface area (Å²) in [5, 5.41) is 0. The van der Waals surface area contributed by atoms with Crippen LogP contribution in [0.3, 0.4) is 0 Å². The molecular weight excluding hydrogens is 351 g/mol. The van der Waals surface area contributed by atoms with Crippen LogP contribution < -0.4 is 4.90 Å². The molecule has 0 aliphatic carbocycles. The average Bonchev–Trinajstić information content (AvgIpc) is 2.27. The van der Waals surface area contributed by atoms with Gasteiger partial charge in [0.1, 0.15) is 0 Å². The molecule has 0 unspecified atom stereocenters. The van der Waals surface area contributed by atoms with E-state index in [1.54, 1.807) is 12.1 Å². The highest BCUT2D eigenvalue weighted by Gasteiger charge is 2.23. The minimum atomic E-state index is -2.42. The maximum absolute atomic E-state index is 12.9. The van der Waals surface area contributed by atoms with Gasteiger partial charge < -0.3 is 9.64 Å². The van der Waals surface area contributed by atoms with Gasteiger partial charge in [-0.05, 0) is 54.6 Å². The van der Waals surface area contributed by atoms with Gasteiger partial charge in [0.25, 0.3) is 6.43 Å². The molecule has 100 valence electrons. The molecule has 1 saturated heterocycles. The lowest BCUT2D eigenvalue weighted by atomic mass is 10.1. The van der Waals surface area contributed by atoms with Crippen molar-refractivity contribution in [1.29, 1.82) is 0 Å². The third-order valence-electron chi connectivity index (χ3n) is 3.00. The van der Waals surface area contributed by atoms with Crippen LogP contribution in [0.4, 0.5) is 14.5 Å². The average molecular weight is 367 g/mol. The molecule has 0 saturated carbocycles. The lowest BCUT2D eigenvalue weighted by Crippen LogP contribution is -2.45. The Morgan fingerprint density at radius 2 is 1.89 bits per heavy atom. The summed E-state index contributed by atoms with van der Waals surface area (Å²) in [6, 6.07) is 5.25. The highest BCUT2D eigenvalue weighted by Crippen LogP contribution is 2.30. The van der Waals surface area contributed by atoms with Crippen molar-refractivity contribution in [3.05, 3.63) is 27.3 Å². The number of alkyl halides is 2. The number of nitrogens with zero attached hydrogens (tertiary/aromatic N) is 1. The first kappa shape index (κ1) is 14.0. The van der Waals surface area contributed by atoms with E-state index in [9.17, 15) is 8.78 Å². The molecule has 2 nitrogen and oxygen atoms in total. The van der Waals surface area contributed by atoms with E-state index < -0.39 is 6.43 Å². The van der Waals surface area contributed by atoms with Crippen molar-refractivity contribution >= 4 is 28.3 Å². The number of benzene rings is 1. The van der Waals surface area contributed by atoms with E-state index in [1.165, 1.54) is 0 Å². The van der Waals surface area contributed by atoms with Gasteiger partial charge in [0.05, 0.1) is 12.2 Å². The van der Waals surface area contributed by atoms with Crippen LogP contribution in [0.5, 0.6) is 0 Å². The molecule has 1 aromatic carbocycles. The number of hydrogen-bond acceptors (Lipinski definition) is 2. The molecule has 5 heteroatoms. The summed E-state index contributed by atoms with van der Waals surface area (Å²) in [4.78, 5) is 2.11. The Hall–Kier alpha value is -0.430. The van der Waals surface area contributed by atoms with E-state index in [2.05, 4.69) is 4.90 Å². The molecule has 0 radical (unpaired) electrons. The fraction of sp³-hybridized carbons (Fsp3) is 0.538. The van der Waals surface area contributed by atoms with Gasteiger partial charge in [-0.1, -0.05) is 0 Å². The van der Waals surface area contributed by atoms with Crippen LogP contribution in [0.25, 0.3) is 0 Å². The zero-order valence-corrected chi connectivity index (χ0v) is 12.5. The van der Waals surface area contributed by atoms with E-state index in [0.29, 0.717) is 3.57 Å². The molecule has 1 aliphatic heterocycles. The minimum absolute atomic E-state index is 0.111. The lowest BCUT2D eigenvalue weighted by Gasteiger charge is -2.37. The topological polar surface area (TPSA) is 12.5 Å². The van der Waals surface area contributed by atoms with Crippen molar-refractivity contribution in [2.75, 3.05) is 18.0 Å². The van der Waals surface area contributed by atoms with E-state index in [1.807, 2.05) is 42.5 Å². The SMILES string of the molecule is C[C@@H]1CN(c2ccc(I)c(C(F)F)c2)C[C@H](C)O1. The van der Waals surface area contributed by atoms with Gasteiger partial charge in [-0.15, -0.1) is 0 Å². The fourth-order valence-corrected chi connectivity index (χ4v) is 2.85. The molecule has 0 amide bonds.